The second-order valence-electron chi connectivity index (χ2n) is 5.90. The van der Waals surface area contributed by atoms with E-state index in [9.17, 15) is 0 Å². The van der Waals surface area contributed by atoms with Gasteiger partial charge in [0.1, 0.15) is 0 Å². The molecule has 90 valence electrons. The van der Waals surface area contributed by atoms with E-state index in [1.807, 2.05) is 0 Å². The first-order chi connectivity index (χ1) is 7.13. The maximum atomic E-state index is 3.55. The summed E-state index contributed by atoms with van der Waals surface area (Å²) in [4.78, 5) is 0. The van der Waals surface area contributed by atoms with Crippen molar-refractivity contribution < 1.29 is 0 Å². The first-order valence-corrected chi connectivity index (χ1v) is 6.80. The molecule has 0 aromatic heterocycles. The van der Waals surface area contributed by atoms with Gasteiger partial charge in [0.05, 0.1) is 0 Å². The summed E-state index contributed by atoms with van der Waals surface area (Å²) < 4.78 is 0. The van der Waals surface area contributed by atoms with Crippen molar-refractivity contribution in [2.45, 2.75) is 65.3 Å². The van der Waals surface area contributed by atoms with E-state index in [0.717, 1.165) is 23.8 Å². The van der Waals surface area contributed by atoms with Gasteiger partial charge in [0.2, 0.25) is 0 Å². The van der Waals surface area contributed by atoms with Crippen LogP contribution in [0.2, 0.25) is 0 Å². The molecule has 0 radical (unpaired) electrons. The van der Waals surface area contributed by atoms with E-state index in [4.69, 9.17) is 0 Å². The van der Waals surface area contributed by atoms with Crippen LogP contribution in [0.15, 0.2) is 0 Å². The first-order valence-electron chi connectivity index (χ1n) is 6.80. The monoisotopic (exact) mass is 211 g/mol. The summed E-state index contributed by atoms with van der Waals surface area (Å²) >= 11 is 0. The third kappa shape index (κ3) is 4.55. The first kappa shape index (κ1) is 13.0. The van der Waals surface area contributed by atoms with E-state index in [1.54, 1.807) is 0 Å². The molecule has 0 heterocycles. The molecular formula is C14H29N. The van der Waals surface area contributed by atoms with Gasteiger partial charge in [0.15, 0.2) is 0 Å². The van der Waals surface area contributed by atoms with E-state index in [-0.39, 0.29) is 0 Å². The van der Waals surface area contributed by atoms with Gasteiger partial charge in [-0.25, -0.2) is 0 Å². The molecule has 1 nitrogen and oxygen atoms in total. The van der Waals surface area contributed by atoms with Crippen molar-refractivity contribution >= 4 is 0 Å². The predicted octanol–water partition coefficient (Wildman–Crippen LogP) is 3.84. The van der Waals surface area contributed by atoms with Gasteiger partial charge in [-0.3, -0.25) is 0 Å². The lowest BCUT2D eigenvalue weighted by Crippen LogP contribution is -2.36. The maximum absolute atomic E-state index is 3.55. The van der Waals surface area contributed by atoms with E-state index < -0.39 is 0 Å². The van der Waals surface area contributed by atoms with Crippen LogP contribution in [0.5, 0.6) is 0 Å². The zero-order valence-electron chi connectivity index (χ0n) is 11.1. The summed E-state index contributed by atoms with van der Waals surface area (Å²) in [5.41, 5.74) is 0. The van der Waals surface area contributed by atoms with Gasteiger partial charge in [-0.15, -0.1) is 0 Å². The molecule has 3 atom stereocenters. The average Bonchev–Trinajstić information content (AvgIpc) is 2.18. The van der Waals surface area contributed by atoms with E-state index >= 15 is 0 Å². The summed E-state index contributed by atoms with van der Waals surface area (Å²) in [5.74, 6) is 2.75. The normalized spacial score (nSPS) is 29.4. The van der Waals surface area contributed by atoms with Gasteiger partial charge in [-0.2, -0.15) is 0 Å². The largest absolute Gasteiger partial charge is 0.317 e. The van der Waals surface area contributed by atoms with Gasteiger partial charge in [-0.05, 0) is 50.5 Å². The minimum Gasteiger partial charge on any atom is -0.317 e. The highest BCUT2D eigenvalue weighted by molar-refractivity contribution is 4.80. The van der Waals surface area contributed by atoms with Crippen molar-refractivity contribution in [3.63, 3.8) is 0 Å². The lowest BCUT2D eigenvalue weighted by Gasteiger charge is -2.33. The Hall–Kier alpha value is -0.0400. The molecule has 0 aromatic carbocycles. The van der Waals surface area contributed by atoms with Crippen LogP contribution in [0.25, 0.3) is 0 Å². The number of hydrogen-bond acceptors (Lipinski definition) is 1. The lowest BCUT2D eigenvalue weighted by atomic mass is 9.77. The summed E-state index contributed by atoms with van der Waals surface area (Å²) in [5, 5.41) is 3.55. The zero-order valence-corrected chi connectivity index (χ0v) is 11.1. The molecule has 0 aliphatic heterocycles. The van der Waals surface area contributed by atoms with Crippen LogP contribution in [0.1, 0.15) is 59.3 Å². The Bertz CT molecular complexity index is 165. The van der Waals surface area contributed by atoms with Crippen molar-refractivity contribution in [3.8, 4) is 0 Å². The Morgan fingerprint density at radius 1 is 1.20 bits per heavy atom. The molecular weight excluding hydrogens is 182 g/mol. The summed E-state index contributed by atoms with van der Waals surface area (Å²) in [7, 11) is 2.14. The Balaban J connectivity index is 2.35. The summed E-state index contributed by atoms with van der Waals surface area (Å²) in [6, 6.07) is 0.773. The Morgan fingerprint density at radius 2 is 1.93 bits per heavy atom. The summed E-state index contributed by atoms with van der Waals surface area (Å²) in [6.45, 7) is 7.08. The molecule has 1 aliphatic rings. The van der Waals surface area contributed by atoms with Crippen LogP contribution >= 0.6 is 0 Å². The van der Waals surface area contributed by atoms with Crippen LogP contribution in [-0.2, 0) is 0 Å². The van der Waals surface area contributed by atoms with E-state index in [1.165, 1.54) is 38.5 Å². The lowest BCUT2D eigenvalue weighted by molar-refractivity contribution is 0.215. The van der Waals surface area contributed by atoms with Crippen LogP contribution in [-0.4, -0.2) is 13.1 Å². The number of hydrogen-bond donors (Lipinski definition) is 1. The van der Waals surface area contributed by atoms with Gasteiger partial charge >= 0.3 is 0 Å². The Labute approximate surface area is 96.0 Å². The van der Waals surface area contributed by atoms with Crippen molar-refractivity contribution in [1.82, 2.24) is 5.32 Å². The molecule has 0 saturated heterocycles. The van der Waals surface area contributed by atoms with E-state index in [0.29, 0.717) is 0 Å². The van der Waals surface area contributed by atoms with E-state index in [2.05, 4.69) is 33.1 Å². The second kappa shape index (κ2) is 6.52. The van der Waals surface area contributed by atoms with Gasteiger partial charge in [-0.1, -0.05) is 33.6 Å². The molecule has 0 aromatic rings. The van der Waals surface area contributed by atoms with Crippen molar-refractivity contribution in [2.75, 3.05) is 7.05 Å². The maximum Gasteiger partial charge on any atom is 0.00925 e. The van der Waals surface area contributed by atoms with Crippen LogP contribution in [0.4, 0.5) is 0 Å². The van der Waals surface area contributed by atoms with Gasteiger partial charge < -0.3 is 5.32 Å². The molecule has 1 heteroatoms. The molecule has 1 aliphatic carbocycles. The topological polar surface area (TPSA) is 12.0 Å². The van der Waals surface area contributed by atoms with Crippen molar-refractivity contribution in [2.24, 2.45) is 17.8 Å². The zero-order chi connectivity index (χ0) is 11.3. The molecule has 0 amide bonds. The quantitative estimate of drug-likeness (QED) is 0.728. The number of nitrogens with one attached hydrogen (secondary N) is 1. The number of rotatable bonds is 5. The SMILES string of the molecule is CNC(CCC(C)C)C1CCCC(C)C1. The molecule has 1 fully saturated rings. The highest BCUT2D eigenvalue weighted by atomic mass is 14.9. The van der Waals surface area contributed by atoms with Crippen LogP contribution in [0.3, 0.4) is 0 Å². The molecule has 15 heavy (non-hydrogen) atoms. The highest BCUT2D eigenvalue weighted by Gasteiger charge is 2.25. The predicted molar refractivity (Wildman–Crippen MR) is 68.0 cm³/mol. The highest BCUT2D eigenvalue weighted by Crippen LogP contribution is 2.32. The van der Waals surface area contributed by atoms with Gasteiger partial charge in [0.25, 0.3) is 0 Å². The average molecular weight is 211 g/mol. The fourth-order valence-electron chi connectivity index (χ4n) is 2.98. The molecule has 3 unspecified atom stereocenters. The minimum absolute atomic E-state index is 0.773. The fourth-order valence-corrected chi connectivity index (χ4v) is 2.98. The third-order valence-electron chi connectivity index (χ3n) is 3.97. The molecule has 1 rings (SSSR count). The third-order valence-corrected chi connectivity index (χ3v) is 3.97. The van der Waals surface area contributed by atoms with Crippen LogP contribution < -0.4 is 5.32 Å². The smallest absolute Gasteiger partial charge is 0.00925 e. The fraction of sp³-hybridized carbons (Fsp3) is 1.00. The second-order valence-corrected chi connectivity index (χ2v) is 5.90. The van der Waals surface area contributed by atoms with Gasteiger partial charge in [0, 0.05) is 6.04 Å². The Kier molecular flexibility index (Phi) is 5.66. The molecule has 0 spiro atoms. The molecule has 1 N–H and O–H groups in total. The standard InChI is InChI=1S/C14H29N/c1-11(2)8-9-14(15-4)13-7-5-6-12(3)10-13/h11-15H,5-10H2,1-4H3. The molecule has 1 saturated carbocycles. The Morgan fingerprint density at radius 3 is 2.47 bits per heavy atom. The summed E-state index contributed by atoms with van der Waals surface area (Å²) in [6.07, 6.45) is 8.54. The minimum atomic E-state index is 0.773. The van der Waals surface area contributed by atoms with Crippen molar-refractivity contribution in [1.29, 1.82) is 0 Å². The van der Waals surface area contributed by atoms with Crippen LogP contribution in [0, 0.1) is 17.8 Å². The van der Waals surface area contributed by atoms with Crippen molar-refractivity contribution in [3.05, 3.63) is 0 Å². The molecule has 0 bridgehead atoms.